The summed E-state index contributed by atoms with van der Waals surface area (Å²) in [5, 5.41) is 6.30. The Balaban J connectivity index is 2.28. The highest BCUT2D eigenvalue weighted by molar-refractivity contribution is 5.98. The number of carbonyl (C=O) groups excluding carboxylic acids is 3. The summed E-state index contributed by atoms with van der Waals surface area (Å²) in [6, 6.07) is -0.419. The summed E-state index contributed by atoms with van der Waals surface area (Å²) >= 11 is 0. The van der Waals surface area contributed by atoms with Crippen molar-refractivity contribution < 1.29 is 28.6 Å². The van der Waals surface area contributed by atoms with Crippen molar-refractivity contribution in [3.05, 3.63) is 0 Å². The molecule has 2 aliphatic heterocycles. The number of ketones is 1. The van der Waals surface area contributed by atoms with Gasteiger partial charge in [0.25, 0.3) is 0 Å². The molecule has 8 nitrogen and oxygen atoms in total. The molecule has 1 unspecified atom stereocenters. The van der Waals surface area contributed by atoms with Crippen LogP contribution in [0.15, 0.2) is 0 Å². The van der Waals surface area contributed by atoms with Gasteiger partial charge in [-0.3, -0.25) is 9.59 Å². The molecule has 29 heavy (non-hydrogen) atoms. The molecule has 2 rings (SSSR count). The molecule has 0 saturated carbocycles. The van der Waals surface area contributed by atoms with Gasteiger partial charge >= 0.3 is 12.1 Å². The zero-order chi connectivity index (χ0) is 21.8. The van der Waals surface area contributed by atoms with Gasteiger partial charge in [0.05, 0.1) is 11.6 Å². The number of ether oxygens (including phenoxy) is 3. The highest BCUT2D eigenvalue weighted by Gasteiger charge is 2.44. The standard InChI is InChI=1S/C21H36N2O6/c1-7-16-18-17(23-20(26)29-18)14(4)22-11-12(2)10-21(5,27-6)9-8-15(24)13(3)19(25)28-16/h12-14,16-18,22H,7-11H2,1-6H3,(H,23,26)/t12-,13?,14-,16+,17-,18-,21+/m1/s1. The van der Waals surface area contributed by atoms with Crippen molar-refractivity contribution in [1.29, 1.82) is 0 Å². The molecule has 0 radical (unpaired) electrons. The predicted molar refractivity (Wildman–Crippen MR) is 107 cm³/mol. The molecule has 0 aromatic carbocycles. The van der Waals surface area contributed by atoms with Crippen LogP contribution in [0.2, 0.25) is 0 Å². The first kappa shape index (κ1) is 23.6. The monoisotopic (exact) mass is 412 g/mol. The van der Waals surface area contributed by atoms with Gasteiger partial charge in [-0.1, -0.05) is 13.8 Å². The maximum atomic E-state index is 12.6. The van der Waals surface area contributed by atoms with Gasteiger partial charge in [-0.05, 0) is 52.5 Å². The molecule has 8 heteroatoms. The second kappa shape index (κ2) is 9.89. The Hall–Kier alpha value is -1.67. The largest absolute Gasteiger partial charge is 0.458 e. The first-order valence-electron chi connectivity index (χ1n) is 10.6. The fraction of sp³-hybridized carbons (Fsp3) is 0.857. The molecular formula is C21H36N2O6. The number of esters is 1. The Morgan fingerprint density at radius 1 is 1.17 bits per heavy atom. The van der Waals surface area contributed by atoms with E-state index in [1.54, 1.807) is 14.0 Å². The second-order valence-electron chi connectivity index (χ2n) is 8.77. The third kappa shape index (κ3) is 5.92. The van der Waals surface area contributed by atoms with Crippen molar-refractivity contribution in [3.8, 4) is 0 Å². The lowest BCUT2D eigenvalue weighted by Gasteiger charge is -2.32. The number of carbonyl (C=O) groups is 3. The van der Waals surface area contributed by atoms with E-state index in [9.17, 15) is 14.4 Å². The first-order chi connectivity index (χ1) is 13.6. The normalized spacial score (nSPS) is 40.1. The maximum Gasteiger partial charge on any atom is 0.408 e. The van der Waals surface area contributed by atoms with Crippen LogP contribution < -0.4 is 10.6 Å². The molecule has 2 N–H and O–H groups in total. The number of nitrogens with one attached hydrogen (secondary N) is 2. The van der Waals surface area contributed by atoms with Gasteiger partial charge < -0.3 is 24.8 Å². The number of Topliss-reactive ketones (excluding diaryl/α,β-unsaturated/α-hetero) is 1. The minimum atomic E-state index is -0.869. The lowest BCUT2D eigenvalue weighted by atomic mass is 9.86. The first-order valence-corrected chi connectivity index (χ1v) is 10.6. The number of fused-ring (bicyclic) bond motifs is 1. The molecule has 0 aromatic rings. The van der Waals surface area contributed by atoms with E-state index in [0.29, 0.717) is 12.8 Å². The summed E-state index contributed by atoms with van der Waals surface area (Å²) in [5.74, 6) is -1.32. The van der Waals surface area contributed by atoms with Crippen molar-refractivity contribution in [2.24, 2.45) is 11.8 Å². The van der Waals surface area contributed by atoms with Crippen molar-refractivity contribution in [3.63, 3.8) is 0 Å². The molecule has 2 fully saturated rings. The van der Waals surface area contributed by atoms with Crippen LogP contribution in [0.3, 0.4) is 0 Å². The van der Waals surface area contributed by atoms with Gasteiger partial charge in [0.1, 0.15) is 17.8 Å². The number of amides is 1. The number of methoxy groups -OCH3 is 1. The van der Waals surface area contributed by atoms with Crippen LogP contribution in [0.5, 0.6) is 0 Å². The number of rotatable bonds is 2. The van der Waals surface area contributed by atoms with Crippen LogP contribution >= 0.6 is 0 Å². The van der Waals surface area contributed by atoms with E-state index in [-0.39, 0.29) is 30.2 Å². The molecule has 2 saturated heterocycles. The fourth-order valence-electron chi connectivity index (χ4n) is 4.15. The molecular weight excluding hydrogens is 376 g/mol. The third-order valence-corrected chi connectivity index (χ3v) is 6.25. The summed E-state index contributed by atoms with van der Waals surface area (Å²) in [5.41, 5.74) is -0.455. The van der Waals surface area contributed by atoms with Crippen LogP contribution in [0.1, 0.15) is 60.3 Å². The van der Waals surface area contributed by atoms with Gasteiger partial charge in [-0.15, -0.1) is 0 Å². The van der Waals surface area contributed by atoms with Gasteiger partial charge in [-0.25, -0.2) is 4.79 Å². The van der Waals surface area contributed by atoms with E-state index >= 15 is 0 Å². The average molecular weight is 413 g/mol. The molecule has 0 aliphatic carbocycles. The van der Waals surface area contributed by atoms with Gasteiger partial charge in [0.15, 0.2) is 6.10 Å². The zero-order valence-corrected chi connectivity index (χ0v) is 18.4. The lowest BCUT2D eigenvalue weighted by molar-refractivity contribution is -0.161. The van der Waals surface area contributed by atoms with Crippen molar-refractivity contribution in [1.82, 2.24) is 10.6 Å². The number of hydrogen-bond donors (Lipinski definition) is 2. The molecule has 0 bridgehead atoms. The summed E-state index contributed by atoms with van der Waals surface area (Å²) in [4.78, 5) is 37.1. The molecule has 2 aliphatic rings. The minimum absolute atomic E-state index is 0.0837. The Kier molecular flexibility index (Phi) is 8.05. The van der Waals surface area contributed by atoms with Gasteiger partial charge in [0, 0.05) is 19.6 Å². The minimum Gasteiger partial charge on any atom is -0.458 e. The van der Waals surface area contributed by atoms with Crippen LogP contribution in [0.25, 0.3) is 0 Å². The molecule has 166 valence electrons. The van der Waals surface area contributed by atoms with E-state index in [0.717, 1.165) is 13.0 Å². The lowest BCUT2D eigenvalue weighted by Crippen LogP contribution is -2.53. The molecule has 2 heterocycles. The number of cyclic esters (lactones) is 1. The Bertz CT molecular complexity index is 612. The van der Waals surface area contributed by atoms with Crippen molar-refractivity contribution >= 4 is 17.8 Å². The van der Waals surface area contributed by atoms with E-state index < -0.39 is 35.8 Å². The van der Waals surface area contributed by atoms with E-state index in [4.69, 9.17) is 14.2 Å². The topological polar surface area (TPSA) is 103 Å². The van der Waals surface area contributed by atoms with Crippen LogP contribution in [-0.4, -0.2) is 61.4 Å². The number of hydrogen-bond acceptors (Lipinski definition) is 7. The quantitative estimate of drug-likeness (QED) is 0.529. The average Bonchev–Trinajstić information content (AvgIpc) is 3.08. The smallest absolute Gasteiger partial charge is 0.408 e. The predicted octanol–water partition coefficient (Wildman–Crippen LogP) is 2.19. The Labute approximate surface area is 173 Å². The Morgan fingerprint density at radius 2 is 1.86 bits per heavy atom. The molecule has 1 amide bonds. The summed E-state index contributed by atoms with van der Waals surface area (Å²) in [6.07, 6.45) is 0.298. The molecule has 7 atom stereocenters. The van der Waals surface area contributed by atoms with Crippen LogP contribution in [0, 0.1) is 11.8 Å². The van der Waals surface area contributed by atoms with Crippen molar-refractivity contribution in [2.75, 3.05) is 13.7 Å². The SMILES string of the molecule is CC[C@@H]1OC(=O)C(C)C(=O)CC[C@](C)(OC)C[C@@H](C)CN[C@H](C)[C@H]2NC(=O)O[C@@H]21. The highest BCUT2D eigenvalue weighted by Crippen LogP contribution is 2.28. The highest BCUT2D eigenvalue weighted by atomic mass is 16.6. The van der Waals surface area contributed by atoms with Gasteiger partial charge in [0.2, 0.25) is 0 Å². The Morgan fingerprint density at radius 3 is 2.48 bits per heavy atom. The van der Waals surface area contributed by atoms with Crippen LogP contribution in [0.4, 0.5) is 4.79 Å². The van der Waals surface area contributed by atoms with Crippen molar-refractivity contribution in [2.45, 2.75) is 90.2 Å². The van der Waals surface area contributed by atoms with Gasteiger partial charge in [-0.2, -0.15) is 0 Å². The van der Waals surface area contributed by atoms with Crippen LogP contribution in [-0.2, 0) is 23.8 Å². The fourth-order valence-corrected chi connectivity index (χ4v) is 4.15. The summed E-state index contributed by atoms with van der Waals surface area (Å²) in [6.45, 7) is 10.3. The molecule has 0 spiro atoms. The van der Waals surface area contributed by atoms with E-state index in [1.807, 2.05) is 20.8 Å². The van der Waals surface area contributed by atoms with E-state index in [2.05, 4.69) is 17.6 Å². The van der Waals surface area contributed by atoms with E-state index in [1.165, 1.54) is 0 Å². The second-order valence-corrected chi connectivity index (χ2v) is 8.77. The third-order valence-electron chi connectivity index (χ3n) is 6.25. The zero-order valence-electron chi connectivity index (χ0n) is 18.4. The molecule has 0 aromatic heterocycles. The summed E-state index contributed by atoms with van der Waals surface area (Å²) in [7, 11) is 1.65. The number of alkyl carbamates (subject to hydrolysis) is 1. The maximum absolute atomic E-state index is 12.6. The summed E-state index contributed by atoms with van der Waals surface area (Å²) < 4.78 is 16.8.